The number of piperazine rings is 1. The molecule has 0 spiro atoms. The minimum absolute atomic E-state index is 0.0606. The molecule has 0 unspecified atom stereocenters. The molecule has 2 aromatic heterocycles. The molecule has 1 saturated heterocycles. The van der Waals surface area contributed by atoms with Gasteiger partial charge in [-0.05, 0) is 38.2 Å². The van der Waals surface area contributed by atoms with Crippen molar-refractivity contribution in [1.29, 1.82) is 0 Å². The minimum Gasteiger partial charge on any atom is -0.465 e. The molecule has 144 valence electrons. The van der Waals surface area contributed by atoms with E-state index in [1.165, 1.54) is 5.57 Å². The van der Waals surface area contributed by atoms with E-state index in [0.29, 0.717) is 5.69 Å². The van der Waals surface area contributed by atoms with Crippen LogP contribution in [0.2, 0.25) is 0 Å². The number of carbonyl (C=O) groups is 1. The molecular weight excluding hydrogens is 342 g/mol. The van der Waals surface area contributed by atoms with Crippen molar-refractivity contribution < 1.29 is 9.21 Å². The molecule has 7 heteroatoms. The fraction of sp³-hybridized carbons (Fsp3) is 0.500. The summed E-state index contributed by atoms with van der Waals surface area (Å²) in [6.45, 7) is 8.97. The summed E-state index contributed by atoms with van der Waals surface area (Å²) in [5.74, 6) is 0.944. The predicted molar refractivity (Wildman–Crippen MR) is 103 cm³/mol. The Hall–Kier alpha value is -2.38. The van der Waals surface area contributed by atoms with E-state index in [4.69, 9.17) is 4.42 Å². The number of hydrogen-bond donors (Lipinski definition) is 0. The molecule has 7 nitrogen and oxygen atoms in total. The predicted octanol–water partition coefficient (Wildman–Crippen LogP) is 1.78. The Labute approximate surface area is 159 Å². The molecule has 0 saturated carbocycles. The van der Waals surface area contributed by atoms with Crippen LogP contribution in [0.1, 0.15) is 28.9 Å². The van der Waals surface area contributed by atoms with Crippen LogP contribution in [0.5, 0.6) is 0 Å². The molecule has 1 fully saturated rings. The Kier molecular flexibility index (Phi) is 5.13. The topological polar surface area (TPSA) is 57.8 Å². The third-order valence-corrected chi connectivity index (χ3v) is 5.29. The Balaban J connectivity index is 1.39. The quantitative estimate of drug-likeness (QED) is 0.822. The number of hydrogen-bond acceptors (Lipinski definition) is 5. The number of amides is 1. The average Bonchev–Trinajstić information content (AvgIpc) is 3.30. The smallest absolute Gasteiger partial charge is 0.274 e. The number of aromatic nitrogens is 2. The van der Waals surface area contributed by atoms with Crippen LogP contribution >= 0.6 is 0 Å². The summed E-state index contributed by atoms with van der Waals surface area (Å²) in [6, 6.07) is 5.83. The second-order valence-electron chi connectivity index (χ2n) is 7.56. The van der Waals surface area contributed by atoms with Crippen molar-refractivity contribution in [1.82, 2.24) is 24.5 Å². The zero-order chi connectivity index (χ0) is 18.8. The van der Waals surface area contributed by atoms with Gasteiger partial charge >= 0.3 is 0 Å². The average molecular weight is 369 g/mol. The number of carbonyl (C=O) groups excluding carboxylic acids is 1. The van der Waals surface area contributed by atoms with E-state index < -0.39 is 0 Å². The molecule has 0 aliphatic carbocycles. The maximum absolute atomic E-state index is 12.8. The van der Waals surface area contributed by atoms with Crippen LogP contribution in [0.4, 0.5) is 0 Å². The van der Waals surface area contributed by atoms with E-state index in [-0.39, 0.29) is 5.91 Å². The van der Waals surface area contributed by atoms with E-state index >= 15 is 0 Å². The maximum Gasteiger partial charge on any atom is 0.274 e. The highest BCUT2D eigenvalue weighted by Gasteiger charge is 2.25. The molecule has 0 bridgehead atoms. The van der Waals surface area contributed by atoms with Gasteiger partial charge in [0.05, 0.1) is 18.5 Å². The van der Waals surface area contributed by atoms with Gasteiger partial charge in [-0.25, -0.2) is 0 Å². The van der Waals surface area contributed by atoms with Crippen LogP contribution in [0.25, 0.3) is 6.08 Å². The molecule has 0 aromatic carbocycles. The molecule has 27 heavy (non-hydrogen) atoms. The molecule has 2 aromatic rings. The van der Waals surface area contributed by atoms with Crippen LogP contribution in [0, 0.1) is 0 Å². The molecule has 4 heterocycles. The van der Waals surface area contributed by atoms with Gasteiger partial charge in [0.1, 0.15) is 5.76 Å². The van der Waals surface area contributed by atoms with Crippen LogP contribution in [0.15, 0.2) is 34.5 Å². The van der Waals surface area contributed by atoms with Gasteiger partial charge in [-0.2, -0.15) is 5.10 Å². The third kappa shape index (κ3) is 4.14. The van der Waals surface area contributed by atoms with Crippen LogP contribution in [-0.4, -0.2) is 76.7 Å². The molecular formula is C20H27N5O2. The van der Waals surface area contributed by atoms with E-state index in [9.17, 15) is 4.79 Å². The van der Waals surface area contributed by atoms with E-state index in [1.807, 2.05) is 27.8 Å². The van der Waals surface area contributed by atoms with Gasteiger partial charge in [0, 0.05) is 45.8 Å². The van der Waals surface area contributed by atoms with Gasteiger partial charge in [0.15, 0.2) is 5.69 Å². The number of furan rings is 1. The zero-order valence-electron chi connectivity index (χ0n) is 16.1. The first-order chi connectivity index (χ1) is 13.1. The fourth-order valence-electron chi connectivity index (χ4n) is 3.75. The van der Waals surface area contributed by atoms with Crippen molar-refractivity contribution in [3.05, 3.63) is 47.2 Å². The van der Waals surface area contributed by atoms with E-state index in [1.54, 1.807) is 6.26 Å². The van der Waals surface area contributed by atoms with E-state index in [0.717, 1.165) is 63.8 Å². The third-order valence-electron chi connectivity index (χ3n) is 5.29. The van der Waals surface area contributed by atoms with Crippen molar-refractivity contribution in [3.63, 3.8) is 0 Å². The molecule has 2 aliphatic heterocycles. The summed E-state index contributed by atoms with van der Waals surface area (Å²) in [7, 11) is 2.09. The van der Waals surface area contributed by atoms with Gasteiger partial charge < -0.3 is 14.2 Å². The molecule has 0 N–H and O–H groups in total. The lowest BCUT2D eigenvalue weighted by molar-refractivity contribution is 0.0657. The van der Waals surface area contributed by atoms with Gasteiger partial charge in [-0.15, -0.1) is 0 Å². The number of nitrogens with zero attached hydrogens (tertiary/aromatic N) is 5. The first-order valence-electron chi connectivity index (χ1n) is 9.56. The molecule has 0 radical (unpaired) electrons. The van der Waals surface area contributed by atoms with Crippen molar-refractivity contribution in [2.24, 2.45) is 0 Å². The van der Waals surface area contributed by atoms with Crippen LogP contribution < -0.4 is 0 Å². The summed E-state index contributed by atoms with van der Waals surface area (Å²) >= 11 is 0. The van der Waals surface area contributed by atoms with Gasteiger partial charge in [0.2, 0.25) is 0 Å². The van der Waals surface area contributed by atoms with Gasteiger partial charge in [0.25, 0.3) is 5.91 Å². The normalized spacial score (nSPS) is 19.3. The van der Waals surface area contributed by atoms with Crippen LogP contribution in [0.3, 0.4) is 0 Å². The van der Waals surface area contributed by atoms with Crippen molar-refractivity contribution in [2.75, 3.05) is 46.3 Å². The first-order valence-corrected chi connectivity index (χ1v) is 9.56. The molecule has 0 atom stereocenters. The molecule has 1 amide bonds. The molecule has 2 aliphatic rings. The van der Waals surface area contributed by atoms with E-state index in [2.05, 4.69) is 34.9 Å². The van der Waals surface area contributed by atoms with Gasteiger partial charge in [-0.1, -0.05) is 5.57 Å². The highest BCUT2D eigenvalue weighted by molar-refractivity contribution is 5.92. The first kappa shape index (κ1) is 18.0. The highest BCUT2D eigenvalue weighted by atomic mass is 16.3. The lowest BCUT2D eigenvalue weighted by atomic mass is 10.2. The maximum atomic E-state index is 12.8. The SMILES string of the molecule is C/C(=C\c1ccco1)CN1CCn2nc(C(=O)N3CCN(C)CC3)cc2C1. The Bertz CT molecular complexity index is 816. The Morgan fingerprint density at radius 1 is 1.22 bits per heavy atom. The second kappa shape index (κ2) is 7.70. The largest absolute Gasteiger partial charge is 0.465 e. The number of rotatable bonds is 4. The summed E-state index contributed by atoms with van der Waals surface area (Å²) < 4.78 is 7.38. The van der Waals surface area contributed by atoms with Gasteiger partial charge in [-0.3, -0.25) is 14.4 Å². The van der Waals surface area contributed by atoms with Crippen molar-refractivity contribution in [3.8, 4) is 0 Å². The lowest BCUT2D eigenvalue weighted by Gasteiger charge is -2.31. The summed E-state index contributed by atoms with van der Waals surface area (Å²) in [5, 5.41) is 4.57. The highest BCUT2D eigenvalue weighted by Crippen LogP contribution is 2.17. The summed E-state index contributed by atoms with van der Waals surface area (Å²) in [4.78, 5) is 19.3. The number of fused-ring (bicyclic) bond motifs is 1. The molecule has 4 rings (SSSR count). The Morgan fingerprint density at radius 3 is 2.78 bits per heavy atom. The van der Waals surface area contributed by atoms with Crippen LogP contribution in [-0.2, 0) is 13.1 Å². The summed E-state index contributed by atoms with van der Waals surface area (Å²) in [6.07, 6.45) is 3.77. The van der Waals surface area contributed by atoms with Crippen molar-refractivity contribution >= 4 is 12.0 Å². The second-order valence-corrected chi connectivity index (χ2v) is 7.56. The van der Waals surface area contributed by atoms with Crippen molar-refractivity contribution in [2.45, 2.75) is 20.0 Å². The Morgan fingerprint density at radius 2 is 2.04 bits per heavy atom. The number of likely N-dealkylation sites (N-methyl/N-ethyl adjacent to an activating group) is 1. The fourth-order valence-corrected chi connectivity index (χ4v) is 3.75. The standard InChI is InChI=1S/C20H27N5O2/c1-16(12-18-4-3-11-27-18)14-23-7-10-25-17(15-23)13-19(21-25)20(26)24-8-5-22(2)6-9-24/h3-4,11-13H,5-10,14-15H2,1-2H3/b16-12+. The monoisotopic (exact) mass is 369 g/mol. The minimum atomic E-state index is 0.0606. The zero-order valence-corrected chi connectivity index (χ0v) is 16.1. The lowest BCUT2D eigenvalue weighted by Crippen LogP contribution is -2.47. The summed E-state index contributed by atoms with van der Waals surface area (Å²) in [5.41, 5.74) is 2.95.